The molecule has 196 valence electrons. The molecule has 3 aromatic rings. The number of urea groups is 1. The van der Waals surface area contributed by atoms with E-state index >= 15 is 0 Å². The van der Waals surface area contributed by atoms with Crippen molar-refractivity contribution >= 4 is 34.6 Å². The third kappa shape index (κ3) is 6.64. The molecule has 1 saturated heterocycles. The third-order valence-electron chi connectivity index (χ3n) is 6.35. The van der Waals surface area contributed by atoms with Crippen LogP contribution in [0.25, 0.3) is 0 Å². The minimum absolute atomic E-state index is 0.152. The van der Waals surface area contributed by atoms with Crippen LogP contribution in [0, 0.1) is 5.82 Å². The topological polar surface area (TPSA) is 78.0 Å². The van der Waals surface area contributed by atoms with Crippen LogP contribution in [-0.2, 0) is 17.7 Å². The molecule has 0 radical (unpaired) electrons. The summed E-state index contributed by atoms with van der Waals surface area (Å²) in [5.74, 6) is -0.410. The van der Waals surface area contributed by atoms with Gasteiger partial charge in [0.1, 0.15) is 16.5 Å². The van der Waals surface area contributed by atoms with Crippen LogP contribution in [0.2, 0.25) is 0 Å². The molecule has 0 atom stereocenters. The van der Waals surface area contributed by atoms with Crippen molar-refractivity contribution in [2.45, 2.75) is 19.9 Å². The number of carbonyl (C=O) groups excluding carboxylic acids is 2. The van der Waals surface area contributed by atoms with Crippen molar-refractivity contribution in [2.75, 3.05) is 56.7 Å². The van der Waals surface area contributed by atoms with Gasteiger partial charge in [-0.1, -0.05) is 37.3 Å². The molecule has 8 nitrogen and oxygen atoms in total. The lowest BCUT2D eigenvalue weighted by Crippen LogP contribution is -2.49. The fourth-order valence-electron chi connectivity index (χ4n) is 4.26. The van der Waals surface area contributed by atoms with Crippen molar-refractivity contribution in [3.8, 4) is 0 Å². The number of rotatable bonds is 9. The van der Waals surface area contributed by atoms with Crippen molar-refractivity contribution < 1.29 is 18.7 Å². The van der Waals surface area contributed by atoms with E-state index in [0.717, 1.165) is 17.7 Å². The van der Waals surface area contributed by atoms with E-state index in [0.29, 0.717) is 55.7 Å². The number of carbonyl (C=O) groups is 2. The van der Waals surface area contributed by atoms with Gasteiger partial charge in [0.15, 0.2) is 0 Å². The van der Waals surface area contributed by atoms with Crippen LogP contribution in [-0.4, -0.2) is 73.2 Å². The fourth-order valence-corrected chi connectivity index (χ4v) is 5.05. The SMILES string of the molecule is CCc1ccccc1NC(=O)N(CCOC)Cc1nc(C(=O)N2CCN(c3ccccc3F)CC2)cs1. The van der Waals surface area contributed by atoms with E-state index in [1.807, 2.05) is 42.2 Å². The van der Waals surface area contributed by atoms with Crippen molar-refractivity contribution in [3.05, 3.63) is 76.0 Å². The molecule has 2 heterocycles. The Morgan fingerprint density at radius 1 is 1.11 bits per heavy atom. The summed E-state index contributed by atoms with van der Waals surface area (Å²) in [6.07, 6.45) is 0.807. The molecule has 3 amide bonds. The zero-order chi connectivity index (χ0) is 26.2. The number of thiazole rings is 1. The fraction of sp³-hybridized carbons (Fsp3) is 0.370. The van der Waals surface area contributed by atoms with E-state index in [1.54, 1.807) is 34.4 Å². The minimum atomic E-state index is -0.258. The number of methoxy groups -OCH3 is 1. The van der Waals surface area contributed by atoms with E-state index in [-0.39, 0.29) is 24.3 Å². The second-order valence-corrected chi connectivity index (χ2v) is 9.66. The maximum Gasteiger partial charge on any atom is 0.322 e. The molecule has 2 aromatic carbocycles. The Morgan fingerprint density at radius 2 is 1.84 bits per heavy atom. The van der Waals surface area contributed by atoms with Gasteiger partial charge in [-0.3, -0.25) is 4.79 Å². The van der Waals surface area contributed by atoms with Gasteiger partial charge in [0.25, 0.3) is 5.91 Å². The molecule has 0 bridgehead atoms. The highest BCUT2D eigenvalue weighted by Gasteiger charge is 2.26. The Hall–Kier alpha value is -3.50. The lowest BCUT2D eigenvalue weighted by molar-refractivity contribution is 0.0741. The summed E-state index contributed by atoms with van der Waals surface area (Å²) in [7, 11) is 1.59. The molecule has 1 aliphatic heterocycles. The van der Waals surface area contributed by atoms with Gasteiger partial charge in [-0.2, -0.15) is 0 Å². The molecule has 1 aliphatic rings. The first-order valence-electron chi connectivity index (χ1n) is 12.4. The summed E-state index contributed by atoms with van der Waals surface area (Å²) < 4.78 is 19.3. The van der Waals surface area contributed by atoms with Gasteiger partial charge in [-0.25, -0.2) is 14.2 Å². The van der Waals surface area contributed by atoms with Crippen LogP contribution in [0.5, 0.6) is 0 Å². The van der Waals surface area contributed by atoms with Crippen LogP contribution in [0.4, 0.5) is 20.6 Å². The Kier molecular flexibility index (Phi) is 9.08. The maximum absolute atomic E-state index is 14.1. The van der Waals surface area contributed by atoms with Gasteiger partial charge in [-0.05, 0) is 30.2 Å². The van der Waals surface area contributed by atoms with Crippen LogP contribution < -0.4 is 10.2 Å². The average Bonchev–Trinajstić information content (AvgIpc) is 3.40. The first kappa shape index (κ1) is 26.6. The lowest BCUT2D eigenvalue weighted by Gasteiger charge is -2.35. The number of aryl methyl sites for hydroxylation is 1. The number of hydrogen-bond acceptors (Lipinski definition) is 6. The molecule has 4 rings (SSSR count). The summed E-state index contributed by atoms with van der Waals surface area (Å²) in [4.78, 5) is 36.0. The van der Waals surface area contributed by atoms with Gasteiger partial charge < -0.3 is 24.8 Å². The molecule has 1 aromatic heterocycles. The van der Waals surface area contributed by atoms with Crippen molar-refractivity contribution in [1.82, 2.24) is 14.8 Å². The zero-order valence-electron chi connectivity index (χ0n) is 21.2. The summed E-state index contributed by atoms with van der Waals surface area (Å²) in [5, 5.41) is 5.40. The Morgan fingerprint density at radius 3 is 2.57 bits per heavy atom. The molecule has 10 heteroatoms. The smallest absolute Gasteiger partial charge is 0.322 e. The second-order valence-electron chi connectivity index (χ2n) is 8.71. The predicted molar refractivity (Wildman–Crippen MR) is 144 cm³/mol. The van der Waals surface area contributed by atoms with Gasteiger partial charge in [0.05, 0.1) is 18.8 Å². The molecule has 0 aliphatic carbocycles. The number of aromatic nitrogens is 1. The number of anilines is 2. The average molecular weight is 526 g/mol. The predicted octanol–water partition coefficient (Wildman–Crippen LogP) is 4.49. The number of piperazine rings is 1. The number of halogens is 1. The highest BCUT2D eigenvalue weighted by Crippen LogP contribution is 2.22. The third-order valence-corrected chi connectivity index (χ3v) is 7.18. The number of nitrogens with zero attached hydrogens (tertiary/aromatic N) is 4. The maximum atomic E-state index is 14.1. The number of ether oxygens (including phenoxy) is 1. The first-order valence-corrected chi connectivity index (χ1v) is 13.2. The summed E-state index contributed by atoms with van der Waals surface area (Å²) in [6.45, 7) is 5.15. The molecular formula is C27H32FN5O3S. The van der Waals surface area contributed by atoms with Gasteiger partial charge >= 0.3 is 6.03 Å². The summed E-state index contributed by atoms with van der Waals surface area (Å²) >= 11 is 1.35. The highest BCUT2D eigenvalue weighted by atomic mass is 32.1. The molecular weight excluding hydrogens is 493 g/mol. The van der Waals surface area contributed by atoms with Crippen LogP contribution in [0.1, 0.15) is 28.0 Å². The Balaban J connectivity index is 1.37. The van der Waals surface area contributed by atoms with E-state index in [9.17, 15) is 14.0 Å². The quantitative estimate of drug-likeness (QED) is 0.446. The van der Waals surface area contributed by atoms with Gasteiger partial charge in [0.2, 0.25) is 0 Å². The first-order chi connectivity index (χ1) is 18.0. The van der Waals surface area contributed by atoms with Crippen LogP contribution in [0.3, 0.4) is 0 Å². The number of hydrogen-bond donors (Lipinski definition) is 1. The number of para-hydroxylation sites is 2. The van der Waals surface area contributed by atoms with E-state index in [2.05, 4.69) is 10.3 Å². The minimum Gasteiger partial charge on any atom is -0.383 e. The second kappa shape index (κ2) is 12.6. The number of amides is 3. The summed E-state index contributed by atoms with van der Waals surface area (Å²) in [6, 6.07) is 14.2. The van der Waals surface area contributed by atoms with Crippen LogP contribution >= 0.6 is 11.3 Å². The molecule has 37 heavy (non-hydrogen) atoms. The van der Waals surface area contributed by atoms with E-state index in [4.69, 9.17) is 4.74 Å². The van der Waals surface area contributed by atoms with E-state index < -0.39 is 0 Å². The molecule has 0 unspecified atom stereocenters. The van der Waals surface area contributed by atoms with Crippen molar-refractivity contribution in [2.24, 2.45) is 0 Å². The lowest BCUT2D eigenvalue weighted by atomic mass is 10.1. The Labute approximate surface area is 220 Å². The van der Waals surface area contributed by atoms with Crippen molar-refractivity contribution in [3.63, 3.8) is 0 Å². The highest BCUT2D eigenvalue weighted by molar-refractivity contribution is 7.09. The number of nitrogens with one attached hydrogen (secondary N) is 1. The van der Waals surface area contributed by atoms with Gasteiger partial charge in [-0.15, -0.1) is 11.3 Å². The monoisotopic (exact) mass is 525 g/mol. The molecule has 0 spiro atoms. The normalized spacial score (nSPS) is 13.5. The molecule has 1 N–H and O–H groups in total. The van der Waals surface area contributed by atoms with Crippen molar-refractivity contribution in [1.29, 1.82) is 0 Å². The molecule has 1 fully saturated rings. The number of benzene rings is 2. The Bertz CT molecular complexity index is 1210. The van der Waals surface area contributed by atoms with Crippen LogP contribution in [0.15, 0.2) is 53.9 Å². The summed E-state index contributed by atoms with van der Waals surface area (Å²) in [5.41, 5.74) is 2.76. The largest absolute Gasteiger partial charge is 0.383 e. The van der Waals surface area contributed by atoms with E-state index in [1.165, 1.54) is 17.4 Å². The standard InChI is InChI=1S/C27H32FN5O3S/c1-3-20-8-4-6-10-22(20)30-27(35)33(16-17-36-2)18-25-29-23(19-37-25)26(34)32-14-12-31(13-15-32)24-11-7-5-9-21(24)28/h4-11,19H,3,12-18H2,1-2H3,(H,30,35). The molecule has 0 saturated carbocycles. The van der Waals surface area contributed by atoms with Gasteiger partial charge in [0, 0.05) is 50.9 Å². The zero-order valence-corrected chi connectivity index (χ0v) is 22.0.